The Morgan fingerprint density at radius 3 is 2.83 bits per heavy atom. The smallest absolute Gasteiger partial charge is 0.126 e. The molecule has 2 heterocycles. The first-order valence-electron chi connectivity index (χ1n) is 3.94. The van der Waals surface area contributed by atoms with Gasteiger partial charge in [0.1, 0.15) is 5.00 Å². The number of halogens is 1. The predicted octanol–water partition coefficient (Wildman–Crippen LogP) is 1.32. The van der Waals surface area contributed by atoms with Gasteiger partial charge in [0.2, 0.25) is 0 Å². The molecule has 1 aromatic heterocycles. The zero-order valence-corrected chi connectivity index (χ0v) is 8.99. The number of aromatic nitrogens is 1. The molecule has 0 aliphatic carbocycles. The monoisotopic (exact) mass is 247 g/mol. The summed E-state index contributed by atoms with van der Waals surface area (Å²) in [7, 11) is 0. The molecule has 0 aromatic carbocycles. The first-order valence-corrected chi connectivity index (χ1v) is 5.50. The number of piperazine rings is 1. The molecule has 0 unspecified atom stereocenters. The van der Waals surface area contributed by atoms with E-state index in [1.165, 1.54) is 5.00 Å². The second-order valence-electron chi connectivity index (χ2n) is 2.72. The second-order valence-corrected chi connectivity index (χ2v) is 4.35. The fourth-order valence-electron chi connectivity index (χ4n) is 1.30. The van der Waals surface area contributed by atoms with Crippen molar-refractivity contribution in [3.63, 3.8) is 0 Å². The summed E-state index contributed by atoms with van der Waals surface area (Å²) >= 11 is 5.04. The topological polar surface area (TPSA) is 28.2 Å². The van der Waals surface area contributed by atoms with E-state index < -0.39 is 0 Å². The number of anilines is 1. The molecule has 0 spiro atoms. The molecule has 12 heavy (non-hydrogen) atoms. The van der Waals surface area contributed by atoms with E-state index in [1.807, 2.05) is 6.20 Å². The molecule has 1 N–H and O–H groups in total. The summed E-state index contributed by atoms with van der Waals surface area (Å²) in [5.41, 5.74) is 0. The first-order chi connectivity index (χ1) is 5.88. The van der Waals surface area contributed by atoms with Crippen molar-refractivity contribution in [3.8, 4) is 0 Å². The average Bonchev–Trinajstić information content (AvgIpc) is 2.53. The minimum Gasteiger partial charge on any atom is -0.359 e. The highest BCUT2D eigenvalue weighted by Gasteiger charge is 2.14. The largest absolute Gasteiger partial charge is 0.359 e. The van der Waals surface area contributed by atoms with Crippen LogP contribution in [0.5, 0.6) is 0 Å². The van der Waals surface area contributed by atoms with Gasteiger partial charge < -0.3 is 10.2 Å². The number of hydrogen-bond donors (Lipinski definition) is 1. The highest BCUT2D eigenvalue weighted by Crippen LogP contribution is 2.29. The standard InChI is InChI=1S/C7H10BrN3S/c8-6-5-10-12-7(6)11-3-1-9-2-4-11/h5,9H,1-4H2. The molecule has 0 amide bonds. The van der Waals surface area contributed by atoms with Gasteiger partial charge in [-0.25, -0.2) is 0 Å². The van der Waals surface area contributed by atoms with E-state index in [-0.39, 0.29) is 0 Å². The number of hydrogen-bond acceptors (Lipinski definition) is 4. The molecule has 1 fully saturated rings. The zero-order valence-electron chi connectivity index (χ0n) is 6.59. The van der Waals surface area contributed by atoms with Crippen LogP contribution in [0.4, 0.5) is 5.00 Å². The van der Waals surface area contributed by atoms with Crippen LogP contribution in [0, 0.1) is 0 Å². The molecule has 0 radical (unpaired) electrons. The van der Waals surface area contributed by atoms with Crippen molar-refractivity contribution >= 4 is 32.5 Å². The molecule has 0 atom stereocenters. The van der Waals surface area contributed by atoms with Crippen LogP contribution in [-0.2, 0) is 0 Å². The van der Waals surface area contributed by atoms with E-state index >= 15 is 0 Å². The van der Waals surface area contributed by atoms with Gasteiger partial charge in [0.15, 0.2) is 0 Å². The highest BCUT2D eigenvalue weighted by molar-refractivity contribution is 9.10. The third-order valence-corrected chi connectivity index (χ3v) is 3.62. The molecular formula is C7H10BrN3S. The normalized spacial score (nSPS) is 18.2. The van der Waals surface area contributed by atoms with Crippen molar-refractivity contribution in [2.45, 2.75) is 0 Å². The molecule has 5 heteroatoms. The van der Waals surface area contributed by atoms with Gasteiger partial charge in [-0.05, 0) is 27.5 Å². The molecular weight excluding hydrogens is 238 g/mol. The minimum absolute atomic E-state index is 1.07. The fourth-order valence-corrected chi connectivity index (χ4v) is 2.70. The first kappa shape index (κ1) is 8.47. The Bertz CT molecular complexity index is 257. The van der Waals surface area contributed by atoms with Crippen molar-refractivity contribution < 1.29 is 0 Å². The van der Waals surface area contributed by atoms with Crippen molar-refractivity contribution in [3.05, 3.63) is 10.7 Å². The quantitative estimate of drug-likeness (QED) is 0.812. The van der Waals surface area contributed by atoms with Crippen molar-refractivity contribution in [2.24, 2.45) is 0 Å². The second kappa shape index (κ2) is 3.72. The summed E-state index contributed by atoms with van der Waals surface area (Å²) in [6.07, 6.45) is 1.86. The third-order valence-electron chi connectivity index (χ3n) is 1.91. The number of nitrogens with one attached hydrogen (secondary N) is 1. The summed E-state index contributed by atoms with van der Waals surface area (Å²) < 4.78 is 5.25. The van der Waals surface area contributed by atoms with Crippen LogP contribution in [-0.4, -0.2) is 30.6 Å². The summed E-state index contributed by atoms with van der Waals surface area (Å²) in [6.45, 7) is 4.32. The number of nitrogens with zero attached hydrogens (tertiary/aromatic N) is 2. The fraction of sp³-hybridized carbons (Fsp3) is 0.571. The predicted molar refractivity (Wildman–Crippen MR) is 54.9 cm³/mol. The van der Waals surface area contributed by atoms with E-state index in [1.54, 1.807) is 11.5 Å². The molecule has 1 aliphatic heterocycles. The maximum Gasteiger partial charge on any atom is 0.126 e. The van der Waals surface area contributed by atoms with Crippen LogP contribution in [0.2, 0.25) is 0 Å². The SMILES string of the molecule is Brc1cnsc1N1CCNCC1. The van der Waals surface area contributed by atoms with Gasteiger partial charge in [-0.2, -0.15) is 4.37 Å². The van der Waals surface area contributed by atoms with Gasteiger partial charge >= 0.3 is 0 Å². The molecule has 1 aliphatic rings. The van der Waals surface area contributed by atoms with E-state index in [0.29, 0.717) is 0 Å². The van der Waals surface area contributed by atoms with Gasteiger partial charge in [0, 0.05) is 26.2 Å². The highest BCUT2D eigenvalue weighted by atomic mass is 79.9. The van der Waals surface area contributed by atoms with E-state index in [0.717, 1.165) is 30.7 Å². The molecule has 2 rings (SSSR count). The summed E-state index contributed by atoms with van der Waals surface area (Å²) in [5.74, 6) is 0. The summed E-state index contributed by atoms with van der Waals surface area (Å²) in [5, 5.41) is 4.58. The van der Waals surface area contributed by atoms with E-state index in [2.05, 4.69) is 30.5 Å². The Labute approximate surface area is 84.1 Å². The zero-order chi connectivity index (χ0) is 8.39. The van der Waals surface area contributed by atoms with Crippen LogP contribution in [0.3, 0.4) is 0 Å². The molecule has 0 bridgehead atoms. The van der Waals surface area contributed by atoms with E-state index in [9.17, 15) is 0 Å². The van der Waals surface area contributed by atoms with Crippen LogP contribution in [0.1, 0.15) is 0 Å². The Morgan fingerprint density at radius 2 is 2.25 bits per heavy atom. The van der Waals surface area contributed by atoms with Crippen molar-refractivity contribution in [2.75, 3.05) is 31.1 Å². The van der Waals surface area contributed by atoms with Gasteiger partial charge in [0.25, 0.3) is 0 Å². The van der Waals surface area contributed by atoms with Crippen molar-refractivity contribution in [1.82, 2.24) is 9.69 Å². The lowest BCUT2D eigenvalue weighted by atomic mass is 10.4. The Kier molecular flexibility index (Phi) is 2.63. The Hall–Kier alpha value is -0.130. The van der Waals surface area contributed by atoms with Crippen LogP contribution >= 0.6 is 27.5 Å². The van der Waals surface area contributed by atoms with E-state index in [4.69, 9.17) is 0 Å². The van der Waals surface area contributed by atoms with Crippen LogP contribution in [0.25, 0.3) is 0 Å². The third kappa shape index (κ3) is 1.62. The molecule has 3 nitrogen and oxygen atoms in total. The molecule has 0 saturated carbocycles. The lowest BCUT2D eigenvalue weighted by Crippen LogP contribution is -2.43. The van der Waals surface area contributed by atoms with Crippen LogP contribution in [0.15, 0.2) is 10.7 Å². The minimum atomic E-state index is 1.07. The van der Waals surface area contributed by atoms with Gasteiger partial charge in [-0.15, -0.1) is 0 Å². The molecule has 66 valence electrons. The molecule has 1 aromatic rings. The summed E-state index contributed by atoms with van der Waals surface area (Å²) in [6, 6.07) is 0. The summed E-state index contributed by atoms with van der Waals surface area (Å²) in [4.78, 5) is 2.36. The van der Waals surface area contributed by atoms with Gasteiger partial charge in [-0.3, -0.25) is 0 Å². The average molecular weight is 248 g/mol. The lowest BCUT2D eigenvalue weighted by Gasteiger charge is -2.27. The maximum absolute atomic E-state index is 4.13. The molecule has 1 saturated heterocycles. The van der Waals surface area contributed by atoms with Gasteiger partial charge in [0.05, 0.1) is 10.7 Å². The van der Waals surface area contributed by atoms with Crippen molar-refractivity contribution in [1.29, 1.82) is 0 Å². The van der Waals surface area contributed by atoms with Gasteiger partial charge in [-0.1, -0.05) is 0 Å². The number of rotatable bonds is 1. The van der Waals surface area contributed by atoms with Crippen LogP contribution < -0.4 is 10.2 Å². The Morgan fingerprint density at radius 1 is 1.50 bits per heavy atom. The maximum atomic E-state index is 4.13. The lowest BCUT2D eigenvalue weighted by molar-refractivity contribution is 0.591. The Balaban J connectivity index is 2.13.